The molecular weight excluding hydrogens is 526 g/mol. The molecule has 0 bridgehead atoms. The molecule has 4 aromatic rings. The van der Waals surface area contributed by atoms with Gasteiger partial charge in [0.2, 0.25) is 0 Å². The minimum absolute atomic E-state index is 0.278. The average molecular weight is 543 g/mol. The summed E-state index contributed by atoms with van der Waals surface area (Å²) >= 11 is 6.93. The van der Waals surface area contributed by atoms with Crippen LogP contribution in [0.15, 0.2) is 79.5 Å². The van der Waals surface area contributed by atoms with Gasteiger partial charge in [0.1, 0.15) is 0 Å². The molecule has 0 amide bonds. The van der Waals surface area contributed by atoms with Crippen LogP contribution in [0.5, 0.6) is 11.5 Å². The Morgan fingerprint density at radius 3 is 2.48 bits per heavy atom. The second-order valence-corrected chi connectivity index (χ2v) is 8.32. The Morgan fingerprint density at radius 1 is 0.968 bits per heavy atom. The molecular formula is C23H17Br2N3O3. The molecule has 0 radical (unpaired) electrons. The molecule has 0 aliphatic rings. The number of hydrogen-bond donors (Lipinski definition) is 0. The fraction of sp³-hybridized carbons (Fsp3) is 0.0870. The average Bonchev–Trinajstić information content (AvgIpc) is 2.79. The van der Waals surface area contributed by atoms with Crippen LogP contribution in [-0.2, 0) is 0 Å². The highest BCUT2D eigenvalue weighted by atomic mass is 79.9. The van der Waals surface area contributed by atoms with E-state index in [4.69, 9.17) is 14.5 Å². The van der Waals surface area contributed by atoms with E-state index in [1.807, 2.05) is 36.4 Å². The van der Waals surface area contributed by atoms with Crippen LogP contribution in [0.25, 0.3) is 22.3 Å². The topological polar surface area (TPSA) is 65.7 Å². The number of fused-ring (bicyclic) bond motifs is 1. The second-order valence-electron chi connectivity index (χ2n) is 6.55. The number of rotatable bonds is 5. The number of ether oxygens (including phenoxy) is 2. The fourth-order valence-electron chi connectivity index (χ4n) is 3.12. The summed E-state index contributed by atoms with van der Waals surface area (Å²) in [5.74, 6) is 1.51. The number of hydrogen-bond acceptors (Lipinski definition) is 5. The molecule has 0 aliphatic carbocycles. The van der Waals surface area contributed by atoms with Gasteiger partial charge < -0.3 is 9.47 Å². The highest BCUT2D eigenvalue weighted by Gasteiger charge is 2.15. The molecule has 0 aliphatic heterocycles. The molecule has 1 aromatic heterocycles. The fourth-order valence-corrected chi connectivity index (χ4v) is 3.87. The van der Waals surface area contributed by atoms with E-state index in [0.29, 0.717) is 33.8 Å². The summed E-state index contributed by atoms with van der Waals surface area (Å²) in [5.41, 5.74) is 1.80. The Labute approximate surface area is 195 Å². The summed E-state index contributed by atoms with van der Waals surface area (Å²) < 4.78 is 13.7. The van der Waals surface area contributed by atoms with Crippen molar-refractivity contribution in [3.8, 4) is 22.9 Å². The number of methoxy groups -OCH3 is 2. The van der Waals surface area contributed by atoms with E-state index >= 15 is 0 Å². The normalized spacial score (nSPS) is 11.2. The highest BCUT2D eigenvalue weighted by molar-refractivity contribution is 9.10. The van der Waals surface area contributed by atoms with E-state index in [1.54, 1.807) is 44.7 Å². The van der Waals surface area contributed by atoms with Gasteiger partial charge in [0.25, 0.3) is 5.56 Å². The number of aromatic nitrogens is 2. The first kappa shape index (κ1) is 21.3. The monoisotopic (exact) mass is 541 g/mol. The molecule has 6 nitrogen and oxygen atoms in total. The summed E-state index contributed by atoms with van der Waals surface area (Å²) in [6.45, 7) is 0. The molecule has 3 aromatic carbocycles. The van der Waals surface area contributed by atoms with E-state index in [1.165, 1.54) is 4.68 Å². The van der Waals surface area contributed by atoms with Gasteiger partial charge in [-0.1, -0.05) is 50.1 Å². The SMILES string of the molecule is COc1ccc(-c2nc3ccc(Br)cc3c(=O)n2N=Cc2ccccc2Br)cc1OC. The van der Waals surface area contributed by atoms with Gasteiger partial charge in [0, 0.05) is 20.1 Å². The van der Waals surface area contributed by atoms with Crippen molar-refractivity contribution in [2.24, 2.45) is 5.10 Å². The summed E-state index contributed by atoms with van der Waals surface area (Å²) in [6.07, 6.45) is 1.63. The summed E-state index contributed by atoms with van der Waals surface area (Å²) in [4.78, 5) is 18.1. The van der Waals surface area contributed by atoms with Crippen LogP contribution >= 0.6 is 31.9 Å². The summed E-state index contributed by atoms with van der Waals surface area (Å²) in [7, 11) is 3.13. The number of benzene rings is 3. The molecule has 0 spiro atoms. The molecule has 156 valence electrons. The maximum absolute atomic E-state index is 13.4. The van der Waals surface area contributed by atoms with Gasteiger partial charge in [-0.25, -0.2) is 4.98 Å². The smallest absolute Gasteiger partial charge is 0.282 e. The van der Waals surface area contributed by atoms with Gasteiger partial charge in [0.15, 0.2) is 17.3 Å². The van der Waals surface area contributed by atoms with Gasteiger partial charge in [0.05, 0.1) is 31.3 Å². The first-order valence-electron chi connectivity index (χ1n) is 9.25. The van der Waals surface area contributed by atoms with Crippen LogP contribution in [0.4, 0.5) is 0 Å². The predicted molar refractivity (Wildman–Crippen MR) is 129 cm³/mol. The van der Waals surface area contributed by atoms with E-state index in [2.05, 4.69) is 37.0 Å². The van der Waals surface area contributed by atoms with Crippen LogP contribution in [0, 0.1) is 0 Å². The van der Waals surface area contributed by atoms with Crippen LogP contribution in [-0.4, -0.2) is 30.1 Å². The maximum Gasteiger partial charge on any atom is 0.282 e. The van der Waals surface area contributed by atoms with E-state index in [0.717, 1.165) is 14.5 Å². The zero-order chi connectivity index (χ0) is 22.0. The van der Waals surface area contributed by atoms with Crippen LogP contribution in [0.2, 0.25) is 0 Å². The van der Waals surface area contributed by atoms with Crippen molar-refractivity contribution in [2.45, 2.75) is 0 Å². The van der Waals surface area contributed by atoms with Crippen molar-refractivity contribution in [3.63, 3.8) is 0 Å². The Balaban J connectivity index is 1.97. The van der Waals surface area contributed by atoms with E-state index < -0.39 is 0 Å². The minimum Gasteiger partial charge on any atom is -0.493 e. The van der Waals surface area contributed by atoms with Gasteiger partial charge in [-0.05, 0) is 42.5 Å². The van der Waals surface area contributed by atoms with Crippen molar-refractivity contribution >= 4 is 49.0 Å². The van der Waals surface area contributed by atoms with Crippen LogP contribution in [0.1, 0.15) is 5.56 Å². The zero-order valence-corrected chi connectivity index (χ0v) is 19.8. The third-order valence-corrected chi connectivity index (χ3v) is 5.88. The first-order chi connectivity index (χ1) is 15.0. The van der Waals surface area contributed by atoms with E-state index in [9.17, 15) is 4.79 Å². The molecule has 0 atom stereocenters. The van der Waals surface area contributed by atoms with Gasteiger partial charge in [-0.3, -0.25) is 4.79 Å². The lowest BCUT2D eigenvalue weighted by Gasteiger charge is -2.12. The molecule has 8 heteroatoms. The lowest BCUT2D eigenvalue weighted by atomic mass is 10.1. The third-order valence-electron chi connectivity index (χ3n) is 4.67. The standard InChI is InChI=1S/C23H17Br2N3O3/c1-30-20-10-7-14(11-21(20)31-2)22-27-19-9-8-16(24)12-17(19)23(29)28(22)26-13-15-5-3-4-6-18(15)25/h3-13H,1-2H3. The van der Waals surface area contributed by atoms with Crippen molar-refractivity contribution in [1.29, 1.82) is 0 Å². The quantitative estimate of drug-likeness (QED) is 0.313. The molecule has 31 heavy (non-hydrogen) atoms. The van der Waals surface area contributed by atoms with Crippen LogP contribution in [0.3, 0.4) is 0 Å². The van der Waals surface area contributed by atoms with Crippen molar-refractivity contribution in [3.05, 3.63) is 85.5 Å². The molecule has 4 rings (SSSR count). The number of halogens is 2. The minimum atomic E-state index is -0.278. The molecule has 0 unspecified atom stereocenters. The summed E-state index contributed by atoms with van der Waals surface area (Å²) in [5, 5.41) is 4.95. The lowest BCUT2D eigenvalue weighted by Crippen LogP contribution is -2.20. The van der Waals surface area contributed by atoms with Crippen molar-refractivity contribution < 1.29 is 9.47 Å². The van der Waals surface area contributed by atoms with Crippen molar-refractivity contribution in [1.82, 2.24) is 9.66 Å². The maximum atomic E-state index is 13.4. The van der Waals surface area contributed by atoms with Gasteiger partial charge in [-0.15, -0.1) is 0 Å². The lowest BCUT2D eigenvalue weighted by molar-refractivity contribution is 0.355. The Kier molecular flexibility index (Phi) is 6.20. The number of nitrogens with zero attached hydrogens (tertiary/aromatic N) is 3. The largest absolute Gasteiger partial charge is 0.493 e. The molecule has 0 saturated carbocycles. The third kappa shape index (κ3) is 4.26. The summed E-state index contributed by atoms with van der Waals surface area (Å²) in [6, 6.07) is 18.4. The Hall–Kier alpha value is -2.97. The Bertz CT molecular complexity index is 1370. The highest BCUT2D eigenvalue weighted by Crippen LogP contribution is 2.32. The van der Waals surface area contributed by atoms with Crippen molar-refractivity contribution in [2.75, 3.05) is 14.2 Å². The Morgan fingerprint density at radius 2 is 1.74 bits per heavy atom. The van der Waals surface area contributed by atoms with Gasteiger partial charge in [-0.2, -0.15) is 9.78 Å². The molecule has 0 fully saturated rings. The predicted octanol–water partition coefficient (Wildman–Crippen LogP) is 5.49. The second kappa shape index (κ2) is 9.03. The van der Waals surface area contributed by atoms with Gasteiger partial charge >= 0.3 is 0 Å². The van der Waals surface area contributed by atoms with E-state index in [-0.39, 0.29) is 5.56 Å². The first-order valence-corrected chi connectivity index (χ1v) is 10.8. The van der Waals surface area contributed by atoms with Crippen LogP contribution < -0.4 is 15.0 Å². The zero-order valence-electron chi connectivity index (χ0n) is 16.7. The molecule has 1 heterocycles. The molecule has 0 saturated heterocycles. The molecule has 0 N–H and O–H groups in total.